The van der Waals surface area contributed by atoms with E-state index in [4.69, 9.17) is 5.73 Å². The molecule has 1 rings (SSSR count). The lowest BCUT2D eigenvalue weighted by atomic mass is 10.3. The van der Waals surface area contributed by atoms with Crippen LogP contribution >= 0.6 is 0 Å². The van der Waals surface area contributed by atoms with E-state index in [1.165, 1.54) is 0 Å². The Morgan fingerprint density at radius 3 is 2.36 bits per heavy atom. The third-order valence-corrected chi connectivity index (χ3v) is 3.15. The van der Waals surface area contributed by atoms with Crippen LogP contribution in [0.25, 0.3) is 0 Å². The summed E-state index contributed by atoms with van der Waals surface area (Å²) in [5, 5.41) is 9.47. The molecule has 0 unspecified atom stereocenters. The van der Waals surface area contributed by atoms with Crippen molar-refractivity contribution in [1.29, 1.82) is 0 Å². The van der Waals surface area contributed by atoms with E-state index in [-0.39, 0.29) is 0 Å². The zero-order valence-corrected chi connectivity index (χ0v) is 11.5. The number of hydrogen-bond donors (Lipinski definition) is 2. The lowest BCUT2D eigenvalue weighted by Gasteiger charge is -2.13. The van der Waals surface area contributed by atoms with Crippen LogP contribution in [0, 0.1) is 0 Å². The Hall–Kier alpha value is -2.57. The van der Waals surface area contributed by atoms with Gasteiger partial charge in [0.15, 0.2) is 17.2 Å². The zero-order valence-electron chi connectivity index (χ0n) is 10.7. The lowest BCUT2D eigenvalue weighted by molar-refractivity contribution is -0.0500. The van der Waals surface area contributed by atoms with Crippen LogP contribution in [0.4, 0.5) is 18.0 Å². The maximum absolute atomic E-state index is 12.1. The summed E-state index contributed by atoms with van der Waals surface area (Å²) in [6.45, 7) is 0. The molecule has 0 saturated carbocycles. The average molecular weight is 343 g/mol. The molecule has 3 amide bonds. The van der Waals surface area contributed by atoms with E-state index in [0.29, 0.717) is 17.2 Å². The Balaban J connectivity index is 3.11. The molecule has 0 bridgehead atoms. The minimum Gasteiger partial charge on any atom is -0.505 e. The van der Waals surface area contributed by atoms with Crippen LogP contribution in [0.15, 0.2) is 12.3 Å². The third-order valence-electron chi connectivity index (χ3n) is 2.17. The molecule has 0 fully saturated rings. The quantitative estimate of drug-likeness (QED) is 0.588. The Bertz CT molecular complexity index is 718. The van der Waals surface area contributed by atoms with Crippen molar-refractivity contribution < 1.29 is 40.5 Å². The summed E-state index contributed by atoms with van der Waals surface area (Å²) < 4.78 is 61.6. The molecule has 0 spiro atoms. The minimum atomic E-state index is -5.95. The predicted octanol–water partition coefficient (Wildman–Crippen LogP) is 0.166. The number of pyridine rings is 1. The molecule has 1 heterocycles. The monoisotopic (exact) mass is 343 g/mol. The van der Waals surface area contributed by atoms with Gasteiger partial charge in [-0.1, -0.05) is 0 Å². The van der Waals surface area contributed by atoms with Crippen molar-refractivity contribution in [3.05, 3.63) is 18.0 Å². The van der Waals surface area contributed by atoms with Crippen LogP contribution in [0.1, 0.15) is 10.5 Å². The van der Waals surface area contributed by atoms with Crippen LogP contribution in [-0.4, -0.2) is 47.9 Å². The van der Waals surface area contributed by atoms with Gasteiger partial charge in [0.2, 0.25) is 0 Å². The Labute approximate surface area is 121 Å². The van der Waals surface area contributed by atoms with Gasteiger partial charge in [0.05, 0.1) is 6.20 Å². The van der Waals surface area contributed by atoms with E-state index < -0.39 is 44.8 Å². The first-order valence-electron chi connectivity index (χ1n) is 5.14. The third kappa shape index (κ3) is 3.55. The molecule has 0 aliphatic heterocycles. The number of nitrogens with two attached hydrogens (primary N) is 1. The Morgan fingerprint density at radius 2 is 1.95 bits per heavy atom. The molecule has 9 nitrogen and oxygen atoms in total. The van der Waals surface area contributed by atoms with Crippen LogP contribution in [-0.2, 0) is 10.1 Å². The largest absolute Gasteiger partial charge is 0.534 e. The predicted molar refractivity (Wildman–Crippen MR) is 63.2 cm³/mol. The first-order chi connectivity index (χ1) is 9.86. The van der Waals surface area contributed by atoms with Crippen LogP contribution in [0.3, 0.4) is 0 Å². The molecular weight excluding hydrogens is 335 g/mol. The normalized spacial score (nSPS) is 11.8. The molecule has 0 radical (unpaired) electrons. The number of carbonyl (C=O) groups is 2. The fourth-order valence-electron chi connectivity index (χ4n) is 1.08. The average Bonchev–Trinajstić information content (AvgIpc) is 2.35. The van der Waals surface area contributed by atoms with E-state index in [1.807, 2.05) is 0 Å². The van der Waals surface area contributed by atoms with Gasteiger partial charge in [-0.2, -0.15) is 21.6 Å². The molecule has 0 atom stereocenters. The zero-order chi connectivity index (χ0) is 17.3. The summed E-state index contributed by atoms with van der Waals surface area (Å²) in [5.41, 5.74) is -1.60. The SMILES string of the molecule is CN(C(N)=O)C(=O)c1ncc(OS(=O)(=O)C(F)(F)F)cc1O. The fourth-order valence-corrected chi connectivity index (χ4v) is 1.52. The minimum absolute atomic E-state index is 0.370. The van der Waals surface area contributed by atoms with E-state index in [9.17, 15) is 36.3 Å². The lowest BCUT2D eigenvalue weighted by Crippen LogP contribution is -2.37. The second-order valence-corrected chi connectivity index (χ2v) is 5.26. The van der Waals surface area contributed by atoms with Gasteiger partial charge in [0.25, 0.3) is 5.91 Å². The molecule has 22 heavy (non-hydrogen) atoms. The van der Waals surface area contributed by atoms with E-state index in [0.717, 1.165) is 7.05 Å². The summed E-state index contributed by atoms with van der Waals surface area (Å²) in [4.78, 5) is 26.0. The fraction of sp³-hybridized carbons (Fsp3) is 0.222. The number of primary amides is 1. The number of rotatable bonds is 3. The summed E-state index contributed by atoms with van der Waals surface area (Å²) in [7, 11) is -4.99. The summed E-state index contributed by atoms with van der Waals surface area (Å²) in [5.74, 6) is -3.14. The molecule has 0 aromatic carbocycles. The molecule has 122 valence electrons. The van der Waals surface area contributed by atoms with Gasteiger partial charge >= 0.3 is 21.7 Å². The van der Waals surface area contributed by atoms with Crippen LogP contribution in [0.5, 0.6) is 11.5 Å². The number of nitrogens with zero attached hydrogens (tertiary/aromatic N) is 2. The van der Waals surface area contributed by atoms with Crippen molar-refractivity contribution >= 4 is 22.1 Å². The molecule has 3 N–H and O–H groups in total. The molecule has 0 aliphatic carbocycles. The van der Waals surface area contributed by atoms with Gasteiger partial charge in [0, 0.05) is 13.1 Å². The molecule has 0 saturated heterocycles. The van der Waals surface area contributed by atoms with Gasteiger partial charge in [0.1, 0.15) is 0 Å². The standard InChI is InChI=1S/C9H8F3N3O6S/c1-15(8(13)18)7(17)6-5(16)2-4(3-14-6)21-22(19,20)9(10,11)12/h2-3,16H,1H3,(H2,13,18). The summed E-state index contributed by atoms with van der Waals surface area (Å²) >= 11 is 0. The highest BCUT2D eigenvalue weighted by Crippen LogP contribution is 2.29. The van der Waals surface area contributed by atoms with Crippen molar-refractivity contribution in [2.75, 3.05) is 7.05 Å². The number of urea groups is 1. The second kappa shape index (κ2) is 5.67. The Kier molecular flexibility index (Phi) is 4.50. The number of alkyl halides is 3. The first-order valence-corrected chi connectivity index (χ1v) is 6.55. The van der Waals surface area contributed by atoms with Crippen molar-refractivity contribution in [2.45, 2.75) is 5.51 Å². The van der Waals surface area contributed by atoms with E-state index in [2.05, 4.69) is 9.17 Å². The number of aromatic nitrogens is 1. The molecule has 1 aromatic heterocycles. The van der Waals surface area contributed by atoms with Crippen molar-refractivity contribution in [3.63, 3.8) is 0 Å². The number of halogens is 3. The van der Waals surface area contributed by atoms with Gasteiger partial charge < -0.3 is 15.0 Å². The van der Waals surface area contributed by atoms with Crippen molar-refractivity contribution in [2.24, 2.45) is 5.73 Å². The molecule has 0 aliphatic rings. The highest BCUT2D eigenvalue weighted by atomic mass is 32.2. The van der Waals surface area contributed by atoms with Crippen LogP contribution in [0.2, 0.25) is 0 Å². The second-order valence-electron chi connectivity index (χ2n) is 3.72. The van der Waals surface area contributed by atoms with E-state index >= 15 is 0 Å². The number of hydrogen-bond acceptors (Lipinski definition) is 7. The molecule has 13 heteroatoms. The number of carbonyl (C=O) groups excluding carboxylic acids is 2. The topological polar surface area (TPSA) is 140 Å². The van der Waals surface area contributed by atoms with E-state index in [1.54, 1.807) is 0 Å². The van der Waals surface area contributed by atoms with Gasteiger partial charge in [-0.25, -0.2) is 9.78 Å². The van der Waals surface area contributed by atoms with Crippen molar-refractivity contribution in [1.82, 2.24) is 9.88 Å². The first kappa shape index (κ1) is 17.5. The number of aromatic hydroxyl groups is 1. The van der Waals surface area contributed by atoms with Crippen molar-refractivity contribution in [3.8, 4) is 11.5 Å². The maximum atomic E-state index is 12.1. The molecule has 1 aromatic rings. The smallest absolute Gasteiger partial charge is 0.505 e. The van der Waals surface area contributed by atoms with Gasteiger partial charge in [-0.15, -0.1) is 0 Å². The van der Waals surface area contributed by atoms with Gasteiger partial charge in [-0.05, 0) is 0 Å². The number of imide groups is 1. The molecular formula is C9H8F3N3O6S. The van der Waals surface area contributed by atoms with Gasteiger partial charge in [-0.3, -0.25) is 9.69 Å². The summed E-state index contributed by atoms with van der Waals surface area (Å²) in [6, 6.07) is -0.760. The number of amides is 3. The summed E-state index contributed by atoms with van der Waals surface area (Å²) in [6.07, 6.45) is 0.449. The van der Waals surface area contributed by atoms with Crippen LogP contribution < -0.4 is 9.92 Å². The maximum Gasteiger partial charge on any atom is 0.534 e. The Morgan fingerprint density at radius 1 is 1.41 bits per heavy atom. The highest BCUT2D eigenvalue weighted by Gasteiger charge is 2.48. The highest BCUT2D eigenvalue weighted by molar-refractivity contribution is 7.88.